The Hall–Kier alpha value is -5.83. The van der Waals surface area contributed by atoms with Crippen LogP contribution in [0.25, 0.3) is 55.0 Å². The smallest absolute Gasteiger partial charge is 0.147 e. The summed E-state index contributed by atoms with van der Waals surface area (Å²) in [6, 6.07) is 21.9. The molecule has 0 unspecified atom stereocenters. The molecule has 8 nitrogen and oxygen atoms in total. The lowest BCUT2D eigenvalue weighted by Crippen LogP contribution is -2.11. The Bertz CT molecular complexity index is 2420. The van der Waals surface area contributed by atoms with Crippen LogP contribution in [0.3, 0.4) is 0 Å². The van der Waals surface area contributed by atoms with Crippen molar-refractivity contribution in [1.29, 1.82) is 0 Å². The standard InChI is InChI=1S/C19H17FN4.C19H18N4/c1-12-8-13-6-7-24(17(13)11-21-12)18-9-15-14(10-22-18)4-5-16(20)19(15)23(2)3;1-13-9-14-7-8-23(18(14)12-20-13)19-10-16-15(11-21-19)5-4-6-17(16)22(2)3/h4-11H,1-3H3;4-12H,1-3H3. The number of aryl methyl sites for hydroxylation is 2. The summed E-state index contributed by atoms with van der Waals surface area (Å²) in [5, 5.41) is 6.38. The predicted molar refractivity (Wildman–Crippen MR) is 191 cm³/mol. The number of fused-ring (bicyclic) bond motifs is 4. The second-order valence-electron chi connectivity index (χ2n) is 12.1. The second-order valence-corrected chi connectivity index (χ2v) is 12.1. The normalized spacial score (nSPS) is 11.3. The number of anilines is 2. The average Bonchev–Trinajstić information content (AvgIpc) is 3.67. The van der Waals surface area contributed by atoms with Gasteiger partial charge in [-0.3, -0.25) is 19.1 Å². The highest BCUT2D eigenvalue weighted by Crippen LogP contribution is 2.31. The van der Waals surface area contributed by atoms with E-state index in [0.29, 0.717) is 5.69 Å². The second kappa shape index (κ2) is 11.8. The molecule has 8 rings (SSSR count). The highest BCUT2D eigenvalue weighted by molar-refractivity contribution is 5.96. The minimum absolute atomic E-state index is 0.237. The largest absolute Gasteiger partial charge is 0.377 e. The molecular weight excluding hydrogens is 587 g/mol. The van der Waals surface area contributed by atoms with Crippen LogP contribution in [-0.2, 0) is 0 Å². The van der Waals surface area contributed by atoms with Gasteiger partial charge in [-0.05, 0) is 68.4 Å². The molecule has 8 aromatic rings. The molecule has 0 saturated heterocycles. The number of benzene rings is 2. The maximum atomic E-state index is 14.3. The van der Waals surface area contributed by atoms with Gasteiger partial charge in [0.2, 0.25) is 0 Å². The number of aromatic nitrogens is 6. The first-order chi connectivity index (χ1) is 22.7. The third kappa shape index (κ3) is 5.50. The number of nitrogens with zero attached hydrogens (tertiary/aromatic N) is 8. The van der Waals surface area contributed by atoms with E-state index in [2.05, 4.69) is 86.1 Å². The molecular formula is C38H35FN8. The number of hydrogen-bond donors (Lipinski definition) is 0. The van der Waals surface area contributed by atoms with Crippen molar-refractivity contribution in [2.75, 3.05) is 38.0 Å². The molecule has 0 radical (unpaired) electrons. The molecule has 0 saturated carbocycles. The van der Waals surface area contributed by atoms with Gasteiger partial charge in [-0.1, -0.05) is 12.1 Å². The molecule has 0 fully saturated rings. The first-order valence-electron chi connectivity index (χ1n) is 15.4. The summed E-state index contributed by atoms with van der Waals surface area (Å²) < 4.78 is 18.3. The molecule has 0 atom stereocenters. The molecule has 0 bridgehead atoms. The van der Waals surface area contributed by atoms with E-state index in [0.717, 1.165) is 55.6 Å². The maximum Gasteiger partial charge on any atom is 0.147 e. The van der Waals surface area contributed by atoms with E-state index in [1.165, 1.54) is 22.5 Å². The lowest BCUT2D eigenvalue weighted by atomic mass is 10.1. The van der Waals surface area contributed by atoms with Crippen molar-refractivity contribution in [3.63, 3.8) is 0 Å². The fourth-order valence-electron chi connectivity index (χ4n) is 6.10. The fourth-order valence-corrected chi connectivity index (χ4v) is 6.10. The van der Waals surface area contributed by atoms with Gasteiger partial charge >= 0.3 is 0 Å². The molecule has 6 heterocycles. The van der Waals surface area contributed by atoms with Crippen molar-refractivity contribution >= 4 is 54.7 Å². The molecule has 9 heteroatoms. The molecule has 0 aliphatic heterocycles. The minimum atomic E-state index is -0.237. The van der Waals surface area contributed by atoms with Crippen molar-refractivity contribution in [2.24, 2.45) is 0 Å². The number of hydrogen-bond acceptors (Lipinski definition) is 6. The van der Waals surface area contributed by atoms with Crippen LogP contribution in [0.2, 0.25) is 0 Å². The van der Waals surface area contributed by atoms with Crippen LogP contribution in [-0.4, -0.2) is 57.3 Å². The van der Waals surface area contributed by atoms with Crippen molar-refractivity contribution in [1.82, 2.24) is 29.1 Å². The summed E-state index contributed by atoms with van der Waals surface area (Å²) in [4.78, 5) is 21.9. The van der Waals surface area contributed by atoms with Crippen LogP contribution in [0, 0.1) is 19.7 Å². The summed E-state index contributed by atoms with van der Waals surface area (Å²) in [7, 11) is 7.81. The molecule has 47 heavy (non-hydrogen) atoms. The van der Waals surface area contributed by atoms with Crippen molar-refractivity contribution in [2.45, 2.75) is 13.8 Å². The van der Waals surface area contributed by atoms with E-state index in [9.17, 15) is 4.39 Å². The van der Waals surface area contributed by atoms with E-state index >= 15 is 0 Å². The first kappa shape index (κ1) is 29.9. The summed E-state index contributed by atoms with van der Waals surface area (Å²) in [6.07, 6.45) is 11.5. The lowest BCUT2D eigenvalue weighted by molar-refractivity contribution is 0.628. The maximum absolute atomic E-state index is 14.3. The summed E-state index contributed by atoms with van der Waals surface area (Å²) >= 11 is 0. The zero-order valence-electron chi connectivity index (χ0n) is 27.3. The highest BCUT2D eigenvalue weighted by Gasteiger charge is 2.13. The van der Waals surface area contributed by atoms with Gasteiger partial charge in [-0.25, -0.2) is 14.4 Å². The van der Waals surface area contributed by atoms with Crippen LogP contribution in [0.5, 0.6) is 0 Å². The van der Waals surface area contributed by atoms with Gasteiger partial charge in [0.25, 0.3) is 0 Å². The topological polar surface area (TPSA) is 67.9 Å². The van der Waals surface area contributed by atoms with Crippen molar-refractivity contribution < 1.29 is 4.39 Å². The van der Waals surface area contributed by atoms with Gasteiger partial charge in [-0.15, -0.1) is 0 Å². The molecule has 0 spiro atoms. The van der Waals surface area contributed by atoms with Gasteiger partial charge in [-0.2, -0.15) is 0 Å². The Labute approximate surface area is 272 Å². The average molecular weight is 623 g/mol. The molecule has 0 N–H and O–H groups in total. The van der Waals surface area contributed by atoms with Gasteiger partial charge in [0.05, 0.1) is 29.1 Å². The SMILES string of the molecule is Cc1cc2ccn(-c3cc4c(N(C)C)c(F)ccc4cn3)c2cn1.Cc1cc2ccn(-c3cc4c(N(C)C)cccc4cn3)c2cn1. The van der Waals surface area contributed by atoms with Gasteiger partial charge in [0, 0.05) is 102 Å². The van der Waals surface area contributed by atoms with Crippen LogP contribution >= 0.6 is 0 Å². The Morgan fingerprint density at radius 1 is 0.553 bits per heavy atom. The zero-order valence-corrected chi connectivity index (χ0v) is 27.3. The molecule has 0 aliphatic rings. The molecule has 6 aromatic heterocycles. The summed E-state index contributed by atoms with van der Waals surface area (Å²) in [5.41, 5.74) is 5.82. The highest BCUT2D eigenvalue weighted by atomic mass is 19.1. The third-order valence-electron chi connectivity index (χ3n) is 8.39. The van der Waals surface area contributed by atoms with Crippen LogP contribution in [0.1, 0.15) is 11.4 Å². The lowest BCUT2D eigenvalue weighted by Gasteiger charge is -2.17. The molecule has 2 aromatic carbocycles. The predicted octanol–water partition coefficient (Wildman–Crippen LogP) is 8.04. The van der Waals surface area contributed by atoms with Crippen LogP contribution in [0.4, 0.5) is 15.8 Å². The van der Waals surface area contributed by atoms with Gasteiger partial charge < -0.3 is 9.80 Å². The minimum Gasteiger partial charge on any atom is -0.377 e. The Morgan fingerprint density at radius 3 is 1.66 bits per heavy atom. The monoisotopic (exact) mass is 622 g/mol. The van der Waals surface area contributed by atoms with Gasteiger partial charge in [0.15, 0.2) is 0 Å². The van der Waals surface area contributed by atoms with E-state index < -0.39 is 0 Å². The number of rotatable bonds is 4. The fraction of sp³-hybridized carbons (Fsp3) is 0.158. The number of halogens is 1. The van der Waals surface area contributed by atoms with E-state index in [4.69, 9.17) is 0 Å². The molecule has 234 valence electrons. The van der Waals surface area contributed by atoms with Crippen LogP contribution in [0.15, 0.2) is 104 Å². The third-order valence-corrected chi connectivity index (χ3v) is 8.39. The van der Waals surface area contributed by atoms with Crippen molar-refractivity contribution in [3.8, 4) is 11.6 Å². The van der Waals surface area contributed by atoms with Crippen molar-refractivity contribution in [3.05, 3.63) is 121 Å². The Balaban J connectivity index is 0.000000150. The Kier molecular flexibility index (Phi) is 7.52. The molecule has 0 amide bonds. The van der Waals surface area contributed by atoms with E-state index in [1.54, 1.807) is 17.2 Å². The van der Waals surface area contributed by atoms with Gasteiger partial charge in [0.1, 0.15) is 17.5 Å². The zero-order chi connectivity index (χ0) is 32.8. The van der Waals surface area contributed by atoms with Crippen LogP contribution < -0.4 is 9.80 Å². The quantitative estimate of drug-likeness (QED) is 0.198. The van der Waals surface area contributed by atoms with E-state index in [-0.39, 0.29) is 5.82 Å². The van der Waals surface area contributed by atoms with E-state index in [1.807, 2.05) is 75.5 Å². The Morgan fingerprint density at radius 2 is 1.11 bits per heavy atom. The first-order valence-corrected chi connectivity index (χ1v) is 15.4. The molecule has 0 aliphatic carbocycles. The summed E-state index contributed by atoms with van der Waals surface area (Å²) in [6.45, 7) is 3.98. The summed E-state index contributed by atoms with van der Waals surface area (Å²) in [5.74, 6) is 1.42. The number of pyridine rings is 4.